The fourth-order valence-corrected chi connectivity index (χ4v) is 6.85. The number of fused-ring (bicyclic) bond motifs is 1. The fourth-order valence-electron chi connectivity index (χ4n) is 5.71. The third-order valence-corrected chi connectivity index (χ3v) is 8.73. The number of hydrogen-bond donors (Lipinski definition) is 1. The van der Waals surface area contributed by atoms with E-state index in [-0.39, 0.29) is 11.9 Å². The minimum atomic E-state index is 0.0671. The molecular formula is C24H34N4O2S. The van der Waals surface area contributed by atoms with Crippen molar-refractivity contribution in [3.8, 4) is 0 Å². The molecule has 3 aliphatic rings. The normalized spacial score (nSPS) is 22.9. The van der Waals surface area contributed by atoms with E-state index in [1.54, 1.807) is 11.3 Å². The van der Waals surface area contributed by atoms with Crippen molar-refractivity contribution in [2.75, 3.05) is 13.1 Å². The lowest BCUT2D eigenvalue weighted by Crippen LogP contribution is -2.48. The first-order chi connectivity index (χ1) is 15.1. The first kappa shape index (κ1) is 21.1. The molecule has 5 rings (SSSR count). The van der Waals surface area contributed by atoms with Crippen LogP contribution in [0.2, 0.25) is 0 Å². The van der Waals surface area contributed by atoms with Gasteiger partial charge in [-0.15, -0.1) is 11.3 Å². The molecule has 0 spiro atoms. The number of likely N-dealkylation sites (tertiary alicyclic amines) is 1. The Morgan fingerprint density at radius 2 is 1.74 bits per heavy atom. The second-order valence-corrected chi connectivity index (χ2v) is 10.7. The number of carbonyl (C=O) groups is 2. The largest absolute Gasteiger partial charge is 0.349 e. The van der Waals surface area contributed by atoms with E-state index in [4.69, 9.17) is 5.10 Å². The highest BCUT2D eigenvalue weighted by atomic mass is 32.1. The number of piperidine rings is 1. The highest BCUT2D eigenvalue weighted by Gasteiger charge is 2.29. The maximum atomic E-state index is 13.0. The molecule has 0 atom stereocenters. The standard InChI is InChI=1S/C24H34N4O2S/c1-16-21-15-22(31-24(21)28(26-16)19-5-3-2-4-6-19)23(30)25-17-11-13-27(14-12-17)18-7-9-20(29)10-8-18/h15,17-19H,2-14H2,1H3,(H,25,30). The number of nitrogens with one attached hydrogen (secondary N) is 1. The molecule has 2 aromatic heterocycles. The number of Topliss-reactive ketones (excluding diaryl/α,β-unsaturated/α-hetero) is 1. The summed E-state index contributed by atoms with van der Waals surface area (Å²) in [4.78, 5) is 29.0. The van der Waals surface area contributed by atoms with Gasteiger partial charge in [-0.05, 0) is 51.5 Å². The number of nitrogens with zero attached hydrogens (tertiary/aromatic N) is 3. The number of rotatable bonds is 4. The molecule has 1 amide bonds. The minimum absolute atomic E-state index is 0.0671. The third kappa shape index (κ3) is 4.44. The molecule has 2 aliphatic carbocycles. The quantitative estimate of drug-likeness (QED) is 0.750. The Labute approximate surface area is 188 Å². The van der Waals surface area contributed by atoms with Gasteiger partial charge in [0.1, 0.15) is 10.6 Å². The third-order valence-electron chi connectivity index (χ3n) is 7.61. The van der Waals surface area contributed by atoms with Gasteiger partial charge in [-0.1, -0.05) is 19.3 Å². The predicted molar refractivity (Wildman–Crippen MR) is 124 cm³/mol. The first-order valence-corrected chi connectivity index (χ1v) is 13.0. The van der Waals surface area contributed by atoms with Crippen LogP contribution in [-0.2, 0) is 4.79 Å². The average Bonchev–Trinajstić information content (AvgIpc) is 3.36. The zero-order valence-corrected chi connectivity index (χ0v) is 19.4. The van der Waals surface area contributed by atoms with E-state index in [0.29, 0.717) is 17.9 Å². The van der Waals surface area contributed by atoms with Gasteiger partial charge in [0, 0.05) is 43.4 Å². The summed E-state index contributed by atoms with van der Waals surface area (Å²) in [6.07, 6.45) is 11.8. The molecule has 168 valence electrons. The van der Waals surface area contributed by atoms with E-state index in [9.17, 15) is 9.59 Å². The van der Waals surface area contributed by atoms with E-state index in [2.05, 4.69) is 21.8 Å². The number of aryl methyl sites for hydroxylation is 1. The second kappa shape index (κ2) is 9.02. The van der Waals surface area contributed by atoms with Crippen LogP contribution < -0.4 is 5.32 Å². The van der Waals surface area contributed by atoms with Gasteiger partial charge in [0.25, 0.3) is 5.91 Å². The summed E-state index contributed by atoms with van der Waals surface area (Å²) in [5.41, 5.74) is 1.04. The van der Waals surface area contributed by atoms with Crippen LogP contribution in [-0.4, -0.2) is 51.5 Å². The molecule has 0 bridgehead atoms. The van der Waals surface area contributed by atoms with Gasteiger partial charge < -0.3 is 10.2 Å². The maximum Gasteiger partial charge on any atom is 0.261 e. The van der Waals surface area contributed by atoms with E-state index in [1.807, 2.05) is 6.07 Å². The van der Waals surface area contributed by atoms with Crippen molar-refractivity contribution in [1.29, 1.82) is 0 Å². The van der Waals surface area contributed by atoms with Crippen LogP contribution in [0.15, 0.2) is 6.07 Å². The molecule has 0 aromatic carbocycles. The molecular weight excluding hydrogens is 408 g/mol. The van der Waals surface area contributed by atoms with Crippen molar-refractivity contribution < 1.29 is 9.59 Å². The average molecular weight is 443 g/mol. The maximum absolute atomic E-state index is 13.0. The molecule has 1 aliphatic heterocycles. The molecule has 3 heterocycles. The smallest absolute Gasteiger partial charge is 0.261 e. The van der Waals surface area contributed by atoms with Crippen molar-refractivity contribution in [3.05, 3.63) is 16.6 Å². The second-order valence-electron chi connectivity index (χ2n) is 9.70. The van der Waals surface area contributed by atoms with Crippen molar-refractivity contribution in [3.63, 3.8) is 0 Å². The van der Waals surface area contributed by atoms with Crippen molar-refractivity contribution >= 4 is 33.2 Å². The molecule has 2 saturated carbocycles. The lowest BCUT2D eigenvalue weighted by molar-refractivity contribution is -0.121. The van der Waals surface area contributed by atoms with Gasteiger partial charge in [-0.3, -0.25) is 14.3 Å². The number of thiophene rings is 1. The Hall–Kier alpha value is -1.73. The van der Waals surface area contributed by atoms with Gasteiger partial charge in [-0.25, -0.2) is 0 Å². The Morgan fingerprint density at radius 1 is 1.03 bits per heavy atom. The van der Waals surface area contributed by atoms with Gasteiger partial charge in [0.05, 0.1) is 16.6 Å². The van der Waals surface area contributed by atoms with Gasteiger partial charge in [0.2, 0.25) is 0 Å². The molecule has 2 aromatic rings. The molecule has 6 nitrogen and oxygen atoms in total. The molecule has 0 unspecified atom stereocenters. The van der Waals surface area contributed by atoms with E-state index in [1.165, 1.54) is 32.1 Å². The zero-order chi connectivity index (χ0) is 21.4. The summed E-state index contributed by atoms with van der Waals surface area (Å²) in [7, 11) is 0. The van der Waals surface area contributed by atoms with Crippen LogP contribution >= 0.6 is 11.3 Å². The van der Waals surface area contributed by atoms with Crippen LogP contribution in [0.1, 0.15) is 92.0 Å². The number of ketones is 1. The minimum Gasteiger partial charge on any atom is -0.349 e. The molecule has 31 heavy (non-hydrogen) atoms. The Kier molecular flexibility index (Phi) is 6.15. The van der Waals surface area contributed by atoms with E-state index >= 15 is 0 Å². The monoisotopic (exact) mass is 442 g/mol. The van der Waals surface area contributed by atoms with Crippen molar-refractivity contribution in [2.24, 2.45) is 0 Å². The lowest BCUT2D eigenvalue weighted by Gasteiger charge is -2.39. The van der Waals surface area contributed by atoms with Gasteiger partial charge in [-0.2, -0.15) is 5.10 Å². The SMILES string of the molecule is Cc1nn(C2CCCCC2)c2sc(C(=O)NC3CCN(C4CCC(=O)CC4)CC3)cc12. The van der Waals surface area contributed by atoms with E-state index in [0.717, 1.165) is 72.4 Å². The van der Waals surface area contributed by atoms with Crippen molar-refractivity contribution in [1.82, 2.24) is 20.0 Å². The van der Waals surface area contributed by atoms with E-state index < -0.39 is 0 Å². The van der Waals surface area contributed by atoms with Crippen LogP contribution in [0.3, 0.4) is 0 Å². The number of carbonyl (C=O) groups excluding carboxylic acids is 2. The number of hydrogen-bond acceptors (Lipinski definition) is 5. The summed E-state index contributed by atoms with van der Waals surface area (Å²) in [5, 5.41) is 9.25. The Morgan fingerprint density at radius 3 is 2.45 bits per heavy atom. The van der Waals surface area contributed by atoms with Crippen LogP contribution in [0.25, 0.3) is 10.2 Å². The lowest BCUT2D eigenvalue weighted by atomic mass is 9.91. The summed E-state index contributed by atoms with van der Waals surface area (Å²) in [5.74, 6) is 0.487. The Balaban J connectivity index is 1.20. The molecule has 0 radical (unpaired) electrons. The topological polar surface area (TPSA) is 67.2 Å². The highest BCUT2D eigenvalue weighted by molar-refractivity contribution is 7.20. The Bertz CT molecular complexity index is 940. The molecule has 1 N–H and O–H groups in total. The number of aromatic nitrogens is 2. The molecule has 1 saturated heterocycles. The first-order valence-electron chi connectivity index (χ1n) is 12.1. The van der Waals surface area contributed by atoms with Crippen molar-refractivity contribution in [2.45, 2.75) is 95.7 Å². The van der Waals surface area contributed by atoms with Crippen LogP contribution in [0.4, 0.5) is 0 Å². The molecule has 3 fully saturated rings. The zero-order valence-electron chi connectivity index (χ0n) is 18.6. The highest BCUT2D eigenvalue weighted by Crippen LogP contribution is 2.35. The summed E-state index contributed by atoms with van der Waals surface area (Å²) < 4.78 is 2.21. The summed E-state index contributed by atoms with van der Waals surface area (Å²) in [6, 6.07) is 3.34. The van der Waals surface area contributed by atoms with Gasteiger partial charge >= 0.3 is 0 Å². The fraction of sp³-hybridized carbons (Fsp3) is 0.708. The predicted octanol–water partition coefficient (Wildman–Crippen LogP) is 4.62. The molecule has 7 heteroatoms. The van der Waals surface area contributed by atoms with Crippen LogP contribution in [0.5, 0.6) is 0 Å². The van der Waals surface area contributed by atoms with Gasteiger partial charge in [0.15, 0.2) is 0 Å². The van der Waals surface area contributed by atoms with Crippen LogP contribution in [0, 0.1) is 6.92 Å². The summed E-state index contributed by atoms with van der Waals surface area (Å²) >= 11 is 1.60. The summed E-state index contributed by atoms with van der Waals surface area (Å²) in [6.45, 7) is 4.10. The number of amides is 1.